The summed E-state index contributed by atoms with van der Waals surface area (Å²) in [5.74, 6) is -3.04. The van der Waals surface area contributed by atoms with Gasteiger partial charge in [0.05, 0.1) is 0 Å². The molecule has 1 aromatic carbocycles. The summed E-state index contributed by atoms with van der Waals surface area (Å²) < 4.78 is 26.2. The Kier molecular flexibility index (Phi) is 2.86. The average molecular weight is 252 g/mol. The topological polar surface area (TPSA) is 52.9 Å². The molecule has 0 saturated carbocycles. The summed E-state index contributed by atoms with van der Waals surface area (Å²) in [6.07, 6.45) is 1.26. The number of rotatable bonds is 1. The van der Waals surface area contributed by atoms with Crippen LogP contribution < -0.4 is 0 Å². The normalized spacial score (nSPS) is 17.6. The lowest BCUT2D eigenvalue weighted by Gasteiger charge is -2.06. The fourth-order valence-corrected chi connectivity index (χ4v) is 1.54. The van der Waals surface area contributed by atoms with Gasteiger partial charge in [-0.25, -0.2) is 13.8 Å². The summed E-state index contributed by atoms with van der Waals surface area (Å²) in [6.45, 7) is 1.65. The summed E-state index contributed by atoms with van der Waals surface area (Å²) in [4.78, 5) is 17.0. The highest BCUT2D eigenvalue weighted by molar-refractivity contribution is 6.13. The van der Waals surface area contributed by atoms with Crippen molar-refractivity contribution in [2.24, 2.45) is 4.99 Å². The highest BCUT2D eigenvalue weighted by Crippen LogP contribution is 2.24. The fraction of sp³-hybridized carbons (Fsp3) is 0.167. The Morgan fingerprint density at radius 3 is 2.33 bits per heavy atom. The maximum Gasteiger partial charge on any atom is 0.277 e. The Balaban J connectivity index is 2.44. The lowest BCUT2D eigenvalue weighted by atomic mass is 10.1. The number of aliphatic imine (C=N–C) groups is 1. The standard InChI is InChI=1S/C12H10F2N2O2/c1-6-15-10(12(18)16(6)2)5-7-3-8(13)11(17)9(14)4-7/h3-5,17H,1-2H3. The van der Waals surface area contributed by atoms with Gasteiger partial charge in [-0.05, 0) is 30.7 Å². The van der Waals surface area contributed by atoms with Gasteiger partial charge in [0.2, 0.25) is 0 Å². The predicted octanol–water partition coefficient (Wildman–Crippen LogP) is 1.90. The average Bonchev–Trinajstić information content (AvgIpc) is 2.54. The van der Waals surface area contributed by atoms with E-state index in [1.807, 2.05) is 0 Å². The van der Waals surface area contributed by atoms with Gasteiger partial charge < -0.3 is 5.11 Å². The quantitative estimate of drug-likeness (QED) is 0.776. The number of amidine groups is 1. The molecule has 6 heteroatoms. The molecule has 1 aliphatic heterocycles. The lowest BCUT2D eigenvalue weighted by molar-refractivity contribution is -0.121. The van der Waals surface area contributed by atoms with Crippen molar-refractivity contribution in [1.29, 1.82) is 0 Å². The van der Waals surface area contributed by atoms with E-state index in [2.05, 4.69) is 4.99 Å². The number of phenolic OH excluding ortho intramolecular Hbond substituents is 1. The molecule has 0 spiro atoms. The molecule has 1 heterocycles. The Morgan fingerprint density at radius 1 is 1.33 bits per heavy atom. The van der Waals surface area contributed by atoms with Crippen LogP contribution in [0, 0.1) is 11.6 Å². The molecular weight excluding hydrogens is 242 g/mol. The summed E-state index contributed by atoms with van der Waals surface area (Å²) in [6, 6.07) is 1.86. The first-order chi connectivity index (χ1) is 8.40. The van der Waals surface area contributed by atoms with Crippen LogP contribution >= 0.6 is 0 Å². The van der Waals surface area contributed by atoms with Gasteiger partial charge in [0.1, 0.15) is 11.5 Å². The van der Waals surface area contributed by atoms with E-state index in [1.54, 1.807) is 14.0 Å². The minimum atomic E-state index is -1.08. The zero-order valence-electron chi connectivity index (χ0n) is 9.74. The Bertz CT molecular complexity index is 571. The van der Waals surface area contributed by atoms with E-state index < -0.39 is 17.4 Å². The molecule has 0 unspecified atom stereocenters. The van der Waals surface area contributed by atoms with Crippen LogP contribution in [0.4, 0.5) is 8.78 Å². The Morgan fingerprint density at radius 2 is 1.89 bits per heavy atom. The van der Waals surface area contributed by atoms with Crippen LogP contribution in [0.3, 0.4) is 0 Å². The third-order valence-corrected chi connectivity index (χ3v) is 2.63. The molecule has 0 radical (unpaired) electrons. The molecule has 18 heavy (non-hydrogen) atoms. The number of phenols is 1. The Hall–Kier alpha value is -2.24. The van der Waals surface area contributed by atoms with Crippen molar-refractivity contribution in [3.63, 3.8) is 0 Å². The Labute approximate surface area is 102 Å². The minimum Gasteiger partial charge on any atom is -0.503 e. The largest absolute Gasteiger partial charge is 0.503 e. The maximum atomic E-state index is 13.1. The fourth-order valence-electron chi connectivity index (χ4n) is 1.54. The first kappa shape index (κ1) is 12.2. The monoisotopic (exact) mass is 252 g/mol. The summed E-state index contributed by atoms with van der Waals surface area (Å²) in [7, 11) is 1.56. The molecule has 0 aromatic heterocycles. The van der Waals surface area contributed by atoms with E-state index in [-0.39, 0.29) is 17.2 Å². The maximum absolute atomic E-state index is 13.1. The van der Waals surface area contributed by atoms with Gasteiger partial charge in [-0.3, -0.25) is 9.69 Å². The number of amides is 1. The molecule has 1 aromatic rings. The lowest BCUT2D eigenvalue weighted by Crippen LogP contribution is -2.25. The van der Waals surface area contributed by atoms with E-state index in [1.165, 1.54) is 11.0 Å². The number of hydrogen-bond acceptors (Lipinski definition) is 3. The van der Waals surface area contributed by atoms with E-state index in [9.17, 15) is 13.6 Å². The molecule has 0 bridgehead atoms. The van der Waals surface area contributed by atoms with Gasteiger partial charge in [-0.1, -0.05) is 0 Å². The van der Waals surface area contributed by atoms with E-state index >= 15 is 0 Å². The highest BCUT2D eigenvalue weighted by Gasteiger charge is 2.23. The minimum absolute atomic E-state index is 0.0967. The van der Waals surface area contributed by atoms with Crippen molar-refractivity contribution in [3.05, 3.63) is 35.0 Å². The van der Waals surface area contributed by atoms with Gasteiger partial charge in [0, 0.05) is 7.05 Å². The zero-order valence-corrected chi connectivity index (χ0v) is 9.74. The number of halogens is 2. The van der Waals surface area contributed by atoms with Crippen LogP contribution in [0.2, 0.25) is 0 Å². The van der Waals surface area contributed by atoms with Crippen molar-refractivity contribution in [3.8, 4) is 5.75 Å². The third-order valence-electron chi connectivity index (χ3n) is 2.63. The molecule has 0 saturated heterocycles. The van der Waals surface area contributed by atoms with Crippen LogP contribution in [0.15, 0.2) is 22.8 Å². The van der Waals surface area contributed by atoms with E-state index in [0.717, 1.165) is 12.1 Å². The smallest absolute Gasteiger partial charge is 0.277 e. The molecule has 1 amide bonds. The van der Waals surface area contributed by atoms with Gasteiger partial charge in [-0.15, -0.1) is 0 Å². The van der Waals surface area contributed by atoms with Crippen LogP contribution in [0.1, 0.15) is 12.5 Å². The van der Waals surface area contributed by atoms with Gasteiger partial charge in [0.15, 0.2) is 17.4 Å². The molecule has 1 aliphatic rings. The number of likely N-dealkylation sites (N-methyl/N-ethyl adjacent to an activating group) is 1. The molecule has 0 atom stereocenters. The summed E-state index contributed by atoms with van der Waals surface area (Å²) >= 11 is 0. The van der Waals surface area contributed by atoms with Crippen LogP contribution in [0.5, 0.6) is 5.75 Å². The van der Waals surface area contributed by atoms with Crippen LogP contribution in [-0.2, 0) is 4.79 Å². The number of nitrogens with zero attached hydrogens (tertiary/aromatic N) is 2. The summed E-state index contributed by atoms with van der Waals surface area (Å²) in [5.41, 5.74) is 0.220. The van der Waals surface area contributed by atoms with Crippen molar-refractivity contribution in [2.75, 3.05) is 7.05 Å². The SMILES string of the molecule is CC1=NC(=Cc2cc(F)c(O)c(F)c2)C(=O)N1C. The van der Waals surface area contributed by atoms with Crippen LogP contribution in [-0.4, -0.2) is 28.8 Å². The molecular formula is C12H10F2N2O2. The second kappa shape index (κ2) is 4.21. The predicted molar refractivity (Wildman–Crippen MR) is 61.9 cm³/mol. The van der Waals surface area contributed by atoms with Crippen molar-refractivity contribution < 1.29 is 18.7 Å². The van der Waals surface area contributed by atoms with Crippen molar-refractivity contribution in [1.82, 2.24) is 4.90 Å². The van der Waals surface area contributed by atoms with Crippen LogP contribution in [0.25, 0.3) is 6.08 Å². The number of aromatic hydroxyl groups is 1. The van der Waals surface area contributed by atoms with Gasteiger partial charge in [-0.2, -0.15) is 0 Å². The number of hydrogen-bond donors (Lipinski definition) is 1. The van der Waals surface area contributed by atoms with Gasteiger partial charge >= 0.3 is 0 Å². The zero-order chi connectivity index (χ0) is 13.4. The number of carbonyl (C=O) groups excluding carboxylic acids is 1. The number of benzene rings is 1. The number of carbonyl (C=O) groups is 1. The molecule has 4 nitrogen and oxygen atoms in total. The highest BCUT2D eigenvalue weighted by atomic mass is 19.1. The van der Waals surface area contributed by atoms with Gasteiger partial charge in [0.25, 0.3) is 5.91 Å². The molecule has 2 rings (SSSR count). The second-order valence-electron chi connectivity index (χ2n) is 3.89. The summed E-state index contributed by atoms with van der Waals surface area (Å²) in [5, 5.41) is 8.95. The molecule has 0 aliphatic carbocycles. The molecule has 94 valence electrons. The molecule has 0 fully saturated rings. The van der Waals surface area contributed by atoms with Crippen molar-refractivity contribution in [2.45, 2.75) is 6.92 Å². The van der Waals surface area contributed by atoms with E-state index in [0.29, 0.717) is 5.84 Å². The first-order valence-corrected chi connectivity index (χ1v) is 5.13. The third kappa shape index (κ3) is 1.97. The molecule has 1 N–H and O–H groups in total. The first-order valence-electron chi connectivity index (χ1n) is 5.13. The van der Waals surface area contributed by atoms with Crippen molar-refractivity contribution >= 4 is 17.8 Å². The van der Waals surface area contributed by atoms with E-state index in [4.69, 9.17) is 5.11 Å². The second-order valence-corrected chi connectivity index (χ2v) is 3.89.